The van der Waals surface area contributed by atoms with Gasteiger partial charge in [0.05, 0.1) is 5.71 Å². The first-order valence-corrected chi connectivity index (χ1v) is 6.48. The van der Waals surface area contributed by atoms with Gasteiger partial charge < -0.3 is 9.84 Å². The topological polar surface area (TPSA) is 84.6 Å². The van der Waals surface area contributed by atoms with Crippen molar-refractivity contribution in [3.05, 3.63) is 53.1 Å². The number of carbonyl (C=O) groups excluding carboxylic acids is 2. The number of aliphatic imine (C=N–C) groups is 1. The zero-order valence-electron chi connectivity index (χ0n) is 11.6. The first-order chi connectivity index (χ1) is 10.0. The molecule has 106 valence electrons. The Morgan fingerprint density at radius 2 is 2.19 bits per heavy atom. The van der Waals surface area contributed by atoms with Crippen LogP contribution in [0.2, 0.25) is 0 Å². The van der Waals surface area contributed by atoms with E-state index >= 15 is 0 Å². The molecule has 6 nitrogen and oxygen atoms in total. The first-order valence-electron chi connectivity index (χ1n) is 6.48. The molecule has 21 heavy (non-hydrogen) atoms. The number of carbonyl (C=O) groups is 2. The second kappa shape index (κ2) is 4.97. The van der Waals surface area contributed by atoms with Crippen molar-refractivity contribution in [1.29, 1.82) is 0 Å². The van der Waals surface area contributed by atoms with E-state index in [1.165, 1.54) is 6.07 Å². The van der Waals surface area contributed by atoms with E-state index in [0.717, 1.165) is 11.3 Å². The van der Waals surface area contributed by atoms with Crippen molar-refractivity contribution in [3.8, 4) is 0 Å². The molecule has 0 radical (unpaired) electrons. The molecule has 1 aromatic rings. The van der Waals surface area contributed by atoms with Gasteiger partial charge in [-0.05, 0) is 26.0 Å². The molecular weight excluding hydrogens is 270 g/mol. The van der Waals surface area contributed by atoms with Crippen molar-refractivity contribution >= 4 is 17.5 Å². The van der Waals surface area contributed by atoms with Crippen LogP contribution in [0.25, 0.3) is 0 Å². The fourth-order valence-corrected chi connectivity index (χ4v) is 2.29. The summed E-state index contributed by atoms with van der Waals surface area (Å²) < 4.78 is 4.85. The Kier molecular flexibility index (Phi) is 3.13. The van der Waals surface area contributed by atoms with E-state index in [1.54, 1.807) is 25.2 Å². The van der Waals surface area contributed by atoms with Crippen LogP contribution < -0.4 is 5.32 Å². The van der Waals surface area contributed by atoms with Crippen LogP contribution in [0.1, 0.15) is 23.2 Å². The molecule has 1 aliphatic heterocycles. The van der Waals surface area contributed by atoms with Crippen LogP contribution in [0.15, 0.2) is 51.2 Å². The molecule has 6 heteroatoms. The summed E-state index contributed by atoms with van der Waals surface area (Å²) in [5.74, 6) is -0.0539. The van der Waals surface area contributed by atoms with Crippen LogP contribution >= 0.6 is 0 Å². The lowest BCUT2D eigenvalue weighted by Gasteiger charge is -2.25. The minimum atomic E-state index is -0.476. The fourth-order valence-electron chi connectivity index (χ4n) is 2.29. The highest BCUT2D eigenvalue weighted by molar-refractivity contribution is 6.13. The van der Waals surface area contributed by atoms with E-state index in [2.05, 4.69) is 15.5 Å². The number of amides is 2. The largest absolute Gasteiger partial charge is 0.361 e. The van der Waals surface area contributed by atoms with Crippen LogP contribution in [0.4, 0.5) is 0 Å². The molecule has 3 rings (SSSR count). The van der Waals surface area contributed by atoms with E-state index in [9.17, 15) is 9.59 Å². The minimum Gasteiger partial charge on any atom is -0.361 e. The number of hydrogen-bond donors (Lipinski definition) is 1. The van der Waals surface area contributed by atoms with Gasteiger partial charge in [0.1, 0.15) is 5.76 Å². The third kappa shape index (κ3) is 2.60. The minimum absolute atomic E-state index is 0.0334. The zero-order chi connectivity index (χ0) is 15.0. The molecule has 0 saturated carbocycles. The average molecular weight is 283 g/mol. The molecule has 2 heterocycles. The quantitative estimate of drug-likeness (QED) is 0.850. The number of nitrogens with zero attached hydrogens (tertiary/aromatic N) is 2. The maximum absolute atomic E-state index is 11.9. The van der Waals surface area contributed by atoms with E-state index in [-0.39, 0.29) is 17.5 Å². The number of aryl methyl sites for hydroxylation is 1. The molecule has 1 aliphatic carbocycles. The van der Waals surface area contributed by atoms with Crippen molar-refractivity contribution in [2.75, 3.05) is 0 Å². The Labute approximate surface area is 120 Å². The maximum Gasteiger partial charge on any atom is 0.299 e. The lowest BCUT2D eigenvalue weighted by atomic mass is 9.89. The number of aromatic nitrogens is 1. The van der Waals surface area contributed by atoms with Crippen molar-refractivity contribution in [2.24, 2.45) is 10.9 Å². The third-order valence-electron chi connectivity index (χ3n) is 3.29. The lowest BCUT2D eigenvalue weighted by Crippen LogP contribution is -2.32. The van der Waals surface area contributed by atoms with Crippen molar-refractivity contribution in [2.45, 2.75) is 13.8 Å². The van der Waals surface area contributed by atoms with Crippen LogP contribution in [-0.4, -0.2) is 22.7 Å². The predicted molar refractivity (Wildman–Crippen MR) is 75.6 cm³/mol. The Morgan fingerprint density at radius 1 is 1.38 bits per heavy atom. The monoisotopic (exact) mass is 283 g/mol. The summed E-state index contributed by atoms with van der Waals surface area (Å²) in [6, 6.07) is 1.53. The van der Waals surface area contributed by atoms with Gasteiger partial charge in [-0.3, -0.25) is 9.59 Å². The lowest BCUT2D eigenvalue weighted by molar-refractivity contribution is -0.116. The van der Waals surface area contributed by atoms with Crippen LogP contribution in [0.5, 0.6) is 0 Å². The number of fused-ring (bicyclic) bond motifs is 1. The highest BCUT2D eigenvalue weighted by Gasteiger charge is 2.24. The van der Waals surface area contributed by atoms with Crippen molar-refractivity contribution in [3.63, 3.8) is 0 Å². The highest BCUT2D eigenvalue weighted by atomic mass is 16.5. The summed E-state index contributed by atoms with van der Waals surface area (Å²) in [6.45, 7) is 3.60. The third-order valence-corrected chi connectivity index (χ3v) is 3.29. The van der Waals surface area contributed by atoms with Gasteiger partial charge in [-0.2, -0.15) is 0 Å². The highest BCUT2D eigenvalue weighted by Crippen LogP contribution is 2.26. The standard InChI is InChI=1S/C15H13N3O3/c1-8-5-14(19)17-12-7-10(3-4-11(8)12)16-15(20)13-6-9(2)21-18-13/h3-7,11H,1-2H3,(H,17,19). The molecule has 0 aromatic carbocycles. The summed E-state index contributed by atoms with van der Waals surface area (Å²) >= 11 is 0. The molecule has 1 unspecified atom stereocenters. The van der Waals surface area contributed by atoms with Gasteiger partial charge in [0.25, 0.3) is 5.91 Å². The molecule has 0 saturated heterocycles. The molecule has 1 atom stereocenters. The van der Waals surface area contributed by atoms with Crippen LogP contribution in [-0.2, 0) is 4.79 Å². The predicted octanol–water partition coefficient (Wildman–Crippen LogP) is 1.71. The molecule has 0 bridgehead atoms. The SMILES string of the molecule is CC1=CC(=O)NC2=CC(=NC(=O)c3cc(C)on3)C=CC12. The molecule has 2 amide bonds. The normalized spacial score (nSPS) is 22.5. The average Bonchev–Trinajstić information content (AvgIpc) is 2.85. The Bertz CT molecular complexity index is 750. The summed E-state index contributed by atoms with van der Waals surface area (Å²) in [6.07, 6.45) is 6.93. The number of rotatable bonds is 1. The van der Waals surface area contributed by atoms with Gasteiger partial charge in [-0.1, -0.05) is 16.8 Å². The summed E-state index contributed by atoms with van der Waals surface area (Å²) in [5, 5.41) is 6.40. The first kappa shape index (κ1) is 13.2. The molecule has 0 spiro atoms. The molecule has 1 N–H and O–H groups in total. The van der Waals surface area contributed by atoms with E-state index in [1.807, 2.05) is 13.0 Å². The number of allylic oxidation sites excluding steroid dienone is 3. The van der Waals surface area contributed by atoms with Crippen molar-refractivity contribution < 1.29 is 14.1 Å². The van der Waals surface area contributed by atoms with E-state index < -0.39 is 5.91 Å². The number of hydrogen-bond acceptors (Lipinski definition) is 4. The smallest absolute Gasteiger partial charge is 0.299 e. The zero-order valence-corrected chi connectivity index (χ0v) is 11.6. The van der Waals surface area contributed by atoms with E-state index in [0.29, 0.717) is 11.5 Å². The second-order valence-corrected chi connectivity index (χ2v) is 4.98. The summed E-state index contributed by atoms with van der Waals surface area (Å²) in [7, 11) is 0. The number of nitrogens with one attached hydrogen (secondary N) is 1. The molecule has 2 aliphatic rings. The Morgan fingerprint density at radius 3 is 2.90 bits per heavy atom. The Balaban J connectivity index is 1.87. The van der Waals surface area contributed by atoms with Gasteiger partial charge in [0.15, 0.2) is 5.69 Å². The summed E-state index contributed by atoms with van der Waals surface area (Å²) in [4.78, 5) is 27.4. The Hall–Kier alpha value is -2.76. The van der Waals surface area contributed by atoms with E-state index in [4.69, 9.17) is 4.52 Å². The van der Waals surface area contributed by atoms with Crippen LogP contribution in [0, 0.1) is 12.8 Å². The molecular formula is C15H13N3O3. The van der Waals surface area contributed by atoms with Gasteiger partial charge >= 0.3 is 0 Å². The molecule has 1 aromatic heterocycles. The van der Waals surface area contributed by atoms with Gasteiger partial charge in [0.2, 0.25) is 5.91 Å². The van der Waals surface area contributed by atoms with Gasteiger partial charge in [0, 0.05) is 23.8 Å². The second-order valence-electron chi connectivity index (χ2n) is 4.98. The fraction of sp³-hybridized carbons (Fsp3) is 0.200. The maximum atomic E-state index is 11.9. The van der Waals surface area contributed by atoms with Gasteiger partial charge in [-0.25, -0.2) is 4.99 Å². The van der Waals surface area contributed by atoms with Crippen LogP contribution in [0.3, 0.4) is 0 Å². The summed E-state index contributed by atoms with van der Waals surface area (Å²) in [5.41, 5.74) is 2.32. The molecule has 0 fully saturated rings. The van der Waals surface area contributed by atoms with Gasteiger partial charge in [-0.15, -0.1) is 0 Å². The van der Waals surface area contributed by atoms with Crippen molar-refractivity contribution in [1.82, 2.24) is 10.5 Å².